The lowest BCUT2D eigenvalue weighted by atomic mass is 10.2. The average molecular weight is 220 g/mol. The molecule has 3 nitrogen and oxygen atoms in total. The summed E-state index contributed by atoms with van der Waals surface area (Å²) >= 11 is 1.07. The van der Waals surface area contributed by atoms with Crippen molar-refractivity contribution in [1.29, 1.82) is 0 Å². The molecule has 1 rings (SSSR count). The second kappa shape index (κ2) is 4.21. The average Bonchev–Trinajstić information content (AvgIpc) is 2.47. The van der Waals surface area contributed by atoms with Crippen molar-refractivity contribution in [2.75, 3.05) is 0 Å². The van der Waals surface area contributed by atoms with Crippen molar-refractivity contribution in [2.45, 2.75) is 30.4 Å². The van der Waals surface area contributed by atoms with E-state index in [-0.39, 0.29) is 4.21 Å². The molecule has 74 valence electrons. The lowest BCUT2D eigenvalue weighted by molar-refractivity contribution is 0.484. The van der Waals surface area contributed by atoms with Crippen LogP contribution >= 0.6 is 11.3 Å². The van der Waals surface area contributed by atoms with Crippen molar-refractivity contribution in [3.8, 4) is 0 Å². The normalized spacial score (nSPS) is 11.8. The second-order valence-electron chi connectivity index (χ2n) is 2.81. The molecule has 1 heterocycles. The third-order valence-electron chi connectivity index (χ3n) is 1.74. The van der Waals surface area contributed by atoms with E-state index in [0.717, 1.165) is 36.2 Å². The summed E-state index contributed by atoms with van der Waals surface area (Å²) in [6.07, 6.45) is 2.68. The van der Waals surface area contributed by atoms with Crippen LogP contribution in [0.25, 0.3) is 0 Å². The molecule has 5 heteroatoms. The molecule has 0 aromatic carbocycles. The minimum Gasteiger partial charge on any atom is -0.281 e. The first-order valence-electron chi connectivity index (χ1n) is 4.09. The van der Waals surface area contributed by atoms with Gasteiger partial charge in [-0.15, -0.1) is 11.3 Å². The molecule has 0 atom stereocenters. The molecule has 0 unspecified atom stereocenters. The van der Waals surface area contributed by atoms with E-state index in [2.05, 4.69) is 0 Å². The first kappa shape index (κ1) is 10.7. The zero-order valence-corrected chi connectivity index (χ0v) is 8.99. The summed E-state index contributed by atoms with van der Waals surface area (Å²) in [5, 5.41) is 1.69. The summed E-state index contributed by atoms with van der Waals surface area (Å²) in [5.41, 5.74) is 0.731. The Balaban J connectivity index is 2.90. The van der Waals surface area contributed by atoms with Crippen LogP contribution in [-0.4, -0.2) is 13.0 Å². The van der Waals surface area contributed by atoms with Crippen LogP contribution in [0, 0.1) is 0 Å². The summed E-state index contributed by atoms with van der Waals surface area (Å²) in [6, 6.07) is 1.75. The van der Waals surface area contributed by atoms with Gasteiger partial charge in [0.2, 0.25) is 0 Å². The minimum atomic E-state index is -4.00. The van der Waals surface area contributed by atoms with Crippen molar-refractivity contribution >= 4 is 21.5 Å². The lowest BCUT2D eigenvalue weighted by Gasteiger charge is -1.98. The molecule has 0 bridgehead atoms. The van der Waals surface area contributed by atoms with Gasteiger partial charge in [-0.05, 0) is 29.9 Å². The van der Waals surface area contributed by atoms with Crippen LogP contribution in [0.3, 0.4) is 0 Å². The Morgan fingerprint density at radius 3 is 2.77 bits per heavy atom. The van der Waals surface area contributed by atoms with E-state index in [1.807, 2.05) is 6.92 Å². The van der Waals surface area contributed by atoms with Gasteiger partial charge in [0.1, 0.15) is 4.21 Å². The molecule has 1 N–H and O–H groups in total. The van der Waals surface area contributed by atoms with E-state index in [4.69, 9.17) is 4.55 Å². The number of hydrogen-bond acceptors (Lipinski definition) is 3. The molecule has 0 amide bonds. The zero-order chi connectivity index (χ0) is 9.90. The molecule has 0 aliphatic rings. The highest BCUT2D eigenvalue weighted by Gasteiger charge is 2.15. The Morgan fingerprint density at radius 2 is 2.23 bits per heavy atom. The maximum atomic E-state index is 10.8. The van der Waals surface area contributed by atoms with Crippen LogP contribution in [0.5, 0.6) is 0 Å². The van der Waals surface area contributed by atoms with Crippen molar-refractivity contribution in [1.82, 2.24) is 0 Å². The summed E-state index contributed by atoms with van der Waals surface area (Å²) in [5.74, 6) is 0. The number of rotatable bonds is 4. The number of aryl methyl sites for hydroxylation is 1. The topological polar surface area (TPSA) is 54.4 Å². The first-order chi connectivity index (χ1) is 6.05. The van der Waals surface area contributed by atoms with Crippen LogP contribution in [0.1, 0.15) is 25.3 Å². The highest BCUT2D eigenvalue weighted by atomic mass is 32.3. The van der Waals surface area contributed by atoms with Gasteiger partial charge in [-0.2, -0.15) is 8.42 Å². The molecular formula is C8H12O3S2. The van der Waals surface area contributed by atoms with Crippen molar-refractivity contribution in [3.63, 3.8) is 0 Å². The summed E-state index contributed by atoms with van der Waals surface area (Å²) in [4.78, 5) is 0. The smallest absolute Gasteiger partial charge is 0.281 e. The van der Waals surface area contributed by atoms with Gasteiger partial charge < -0.3 is 0 Å². The van der Waals surface area contributed by atoms with E-state index >= 15 is 0 Å². The predicted octanol–water partition coefficient (Wildman–Crippen LogP) is 2.34. The standard InChI is InChI=1S/C8H12O3S2/c1-2-3-4-7-5-6-12-8(7)13(9,10)11/h5-6H,2-4H2,1H3,(H,9,10,11). The Hall–Kier alpha value is -0.390. The summed E-state index contributed by atoms with van der Waals surface area (Å²) in [7, 11) is -4.00. The maximum absolute atomic E-state index is 10.8. The van der Waals surface area contributed by atoms with E-state index < -0.39 is 10.1 Å². The molecule has 0 saturated carbocycles. The number of unbranched alkanes of at least 4 members (excludes halogenated alkanes) is 1. The van der Waals surface area contributed by atoms with Crippen LogP contribution in [-0.2, 0) is 16.5 Å². The van der Waals surface area contributed by atoms with Gasteiger partial charge in [0.25, 0.3) is 0 Å². The van der Waals surface area contributed by atoms with Gasteiger partial charge in [-0.3, -0.25) is 4.55 Å². The summed E-state index contributed by atoms with van der Waals surface area (Å²) < 4.78 is 30.6. The molecule has 1 aromatic rings. The summed E-state index contributed by atoms with van der Waals surface area (Å²) in [6.45, 7) is 2.04. The van der Waals surface area contributed by atoms with Crippen LogP contribution in [0.4, 0.5) is 0 Å². The monoisotopic (exact) mass is 220 g/mol. The highest BCUT2D eigenvalue weighted by Crippen LogP contribution is 2.23. The van der Waals surface area contributed by atoms with Crippen molar-refractivity contribution in [2.24, 2.45) is 0 Å². The van der Waals surface area contributed by atoms with Gasteiger partial charge in [-0.1, -0.05) is 13.3 Å². The van der Waals surface area contributed by atoms with Gasteiger partial charge >= 0.3 is 10.1 Å². The molecule has 0 spiro atoms. The van der Waals surface area contributed by atoms with E-state index in [1.54, 1.807) is 11.4 Å². The van der Waals surface area contributed by atoms with Gasteiger partial charge in [0.05, 0.1) is 0 Å². The Morgan fingerprint density at radius 1 is 1.54 bits per heavy atom. The molecule has 0 aliphatic heterocycles. The highest BCUT2D eigenvalue weighted by molar-refractivity contribution is 7.88. The maximum Gasteiger partial charge on any atom is 0.304 e. The third kappa shape index (κ3) is 2.79. The van der Waals surface area contributed by atoms with Crippen molar-refractivity contribution in [3.05, 3.63) is 17.0 Å². The lowest BCUT2D eigenvalue weighted by Crippen LogP contribution is -1.98. The van der Waals surface area contributed by atoms with Crippen LogP contribution in [0.2, 0.25) is 0 Å². The quantitative estimate of drug-likeness (QED) is 0.792. The van der Waals surface area contributed by atoms with E-state index in [9.17, 15) is 8.42 Å². The third-order valence-corrected chi connectivity index (χ3v) is 4.14. The molecule has 0 radical (unpaired) electrons. The number of hydrogen-bond donors (Lipinski definition) is 1. The fourth-order valence-electron chi connectivity index (χ4n) is 1.10. The zero-order valence-electron chi connectivity index (χ0n) is 7.36. The fraction of sp³-hybridized carbons (Fsp3) is 0.500. The molecule has 1 aromatic heterocycles. The van der Waals surface area contributed by atoms with Crippen molar-refractivity contribution < 1.29 is 13.0 Å². The van der Waals surface area contributed by atoms with Crippen LogP contribution < -0.4 is 0 Å². The molecule has 0 fully saturated rings. The molecular weight excluding hydrogens is 208 g/mol. The molecule has 0 saturated heterocycles. The fourth-order valence-corrected chi connectivity index (χ4v) is 2.93. The first-order valence-corrected chi connectivity index (χ1v) is 6.41. The minimum absolute atomic E-state index is 0.0981. The number of thiophene rings is 1. The Kier molecular flexibility index (Phi) is 3.47. The van der Waals surface area contributed by atoms with Gasteiger partial charge in [0, 0.05) is 0 Å². The molecule has 13 heavy (non-hydrogen) atoms. The molecule has 0 aliphatic carbocycles. The second-order valence-corrected chi connectivity index (χ2v) is 5.34. The van der Waals surface area contributed by atoms with Gasteiger partial charge in [0.15, 0.2) is 0 Å². The Labute approximate surface area is 82.2 Å². The van der Waals surface area contributed by atoms with Gasteiger partial charge in [-0.25, -0.2) is 0 Å². The largest absolute Gasteiger partial charge is 0.304 e. The van der Waals surface area contributed by atoms with E-state index in [1.165, 1.54) is 0 Å². The van der Waals surface area contributed by atoms with Crippen LogP contribution in [0.15, 0.2) is 15.7 Å². The van der Waals surface area contributed by atoms with E-state index in [0.29, 0.717) is 0 Å². The SMILES string of the molecule is CCCCc1ccsc1S(=O)(=O)O. The Bertz CT molecular complexity index is 364. The predicted molar refractivity (Wildman–Crippen MR) is 52.7 cm³/mol.